The minimum atomic E-state index is -0.528. The Hall–Kier alpha value is -3.33. The fraction of sp³-hybridized carbons (Fsp3) is 0. The van der Waals surface area contributed by atoms with Crippen LogP contribution in [0.3, 0.4) is 0 Å². The van der Waals surface area contributed by atoms with Gasteiger partial charge in [-0.15, -0.1) is 0 Å². The lowest BCUT2D eigenvalue weighted by Gasteiger charge is -2.02. The number of H-pyrrole nitrogens is 1. The van der Waals surface area contributed by atoms with Gasteiger partial charge in [0.1, 0.15) is 11.5 Å². The molecule has 0 saturated carbocycles. The van der Waals surface area contributed by atoms with Gasteiger partial charge < -0.3 is 0 Å². The van der Waals surface area contributed by atoms with Gasteiger partial charge in [-0.3, -0.25) is 25.9 Å². The highest BCUT2D eigenvalue weighted by molar-refractivity contribution is 6.08. The zero-order chi connectivity index (χ0) is 16.4. The molecule has 0 unspecified atom stereocenters. The van der Waals surface area contributed by atoms with Gasteiger partial charge in [0.25, 0.3) is 5.69 Å². The summed E-state index contributed by atoms with van der Waals surface area (Å²) in [6.45, 7) is 0. The molecule has 1 heterocycles. The molecule has 0 saturated heterocycles. The van der Waals surface area contributed by atoms with Gasteiger partial charge in [0.05, 0.1) is 16.1 Å². The van der Waals surface area contributed by atoms with Crippen molar-refractivity contribution in [1.82, 2.24) is 15.7 Å². The first-order valence-electron chi connectivity index (χ1n) is 6.46. The summed E-state index contributed by atoms with van der Waals surface area (Å²) in [5, 5.41) is 27.3. The van der Waals surface area contributed by atoms with Crippen molar-refractivity contribution in [3.63, 3.8) is 0 Å². The second-order valence-corrected chi connectivity index (χ2v) is 4.61. The summed E-state index contributed by atoms with van der Waals surface area (Å²) in [5.41, 5.74) is 2.93. The van der Waals surface area contributed by atoms with Crippen LogP contribution in [0.25, 0.3) is 10.9 Å². The third-order valence-electron chi connectivity index (χ3n) is 3.15. The van der Waals surface area contributed by atoms with E-state index in [0.717, 1.165) is 0 Å². The number of aliphatic imine (C=N–C) groups is 1. The van der Waals surface area contributed by atoms with Crippen LogP contribution in [0.2, 0.25) is 0 Å². The van der Waals surface area contributed by atoms with E-state index in [9.17, 15) is 19.7 Å². The van der Waals surface area contributed by atoms with Crippen molar-refractivity contribution < 1.29 is 14.5 Å². The maximum absolute atomic E-state index is 12.9. The van der Waals surface area contributed by atoms with Gasteiger partial charge in [0, 0.05) is 17.5 Å². The zero-order valence-electron chi connectivity index (χ0n) is 11.5. The molecule has 116 valence electrons. The Morgan fingerprint density at radius 3 is 2.70 bits per heavy atom. The number of amidine groups is 1. The molecule has 0 aliphatic carbocycles. The standard InChI is InChI=1S/C14H10FN5O3/c15-8-1-3-9(4-2-8)16-14(19-21)13-11-7-10(20(22)23)5-6-12(11)17-18-13/h1-7,21H,(H,16,19)(H,17,18). The molecule has 3 aromatic rings. The van der Waals surface area contributed by atoms with E-state index in [4.69, 9.17) is 0 Å². The Labute approximate surface area is 128 Å². The van der Waals surface area contributed by atoms with E-state index in [2.05, 4.69) is 15.2 Å². The lowest BCUT2D eigenvalue weighted by Crippen LogP contribution is -2.20. The number of nitro benzene ring substituents is 1. The average Bonchev–Trinajstić information content (AvgIpc) is 2.97. The third kappa shape index (κ3) is 2.85. The molecule has 2 aromatic carbocycles. The summed E-state index contributed by atoms with van der Waals surface area (Å²) in [6.07, 6.45) is 0. The molecule has 3 rings (SSSR count). The van der Waals surface area contributed by atoms with Crippen molar-refractivity contribution >= 4 is 28.1 Å². The molecule has 3 N–H and O–H groups in total. The van der Waals surface area contributed by atoms with Gasteiger partial charge in [0.15, 0.2) is 5.84 Å². The number of fused-ring (bicyclic) bond motifs is 1. The lowest BCUT2D eigenvalue weighted by molar-refractivity contribution is -0.384. The highest BCUT2D eigenvalue weighted by atomic mass is 19.1. The summed E-state index contributed by atoms with van der Waals surface area (Å²) in [4.78, 5) is 14.5. The van der Waals surface area contributed by atoms with E-state index in [1.165, 1.54) is 42.5 Å². The molecule has 23 heavy (non-hydrogen) atoms. The summed E-state index contributed by atoms with van der Waals surface area (Å²) in [6, 6.07) is 9.46. The van der Waals surface area contributed by atoms with Crippen LogP contribution in [0.1, 0.15) is 5.69 Å². The van der Waals surface area contributed by atoms with Gasteiger partial charge in [0.2, 0.25) is 0 Å². The highest BCUT2D eigenvalue weighted by Gasteiger charge is 2.15. The van der Waals surface area contributed by atoms with E-state index < -0.39 is 10.7 Å². The lowest BCUT2D eigenvalue weighted by atomic mass is 10.2. The van der Waals surface area contributed by atoms with Crippen LogP contribution in [0.15, 0.2) is 47.5 Å². The van der Waals surface area contributed by atoms with Crippen LogP contribution in [-0.2, 0) is 0 Å². The van der Waals surface area contributed by atoms with Crippen molar-refractivity contribution in [2.75, 3.05) is 0 Å². The molecular formula is C14H10FN5O3. The van der Waals surface area contributed by atoms with E-state index in [1.54, 1.807) is 0 Å². The van der Waals surface area contributed by atoms with Crippen molar-refractivity contribution in [2.24, 2.45) is 4.99 Å². The summed E-state index contributed by atoms with van der Waals surface area (Å²) in [7, 11) is 0. The fourth-order valence-electron chi connectivity index (χ4n) is 2.07. The minimum absolute atomic E-state index is 0.0247. The monoisotopic (exact) mass is 315 g/mol. The number of aromatic amines is 1. The number of aromatic nitrogens is 2. The van der Waals surface area contributed by atoms with Crippen LogP contribution in [-0.4, -0.2) is 26.2 Å². The molecule has 8 nitrogen and oxygen atoms in total. The number of benzene rings is 2. The van der Waals surface area contributed by atoms with E-state index in [1.807, 2.05) is 5.48 Å². The average molecular weight is 315 g/mol. The molecule has 0 fully saturated rings. The Morgan fingerprint density at radius 2 is 2.04 bits per heavy atom. The van der Waals surface area contributed by atoms with Gasteiger partial charge in [-0.25, -0.2) is 9.38 Å². The first-order chi connectivity index (χ1) is 11.1. The maximum atomic E-state index is 12.9. The predicted molar refractivity (Wildman–Crippen MR) is 80.3 cm³/mol. The van der Waals surface area contributed by atoms with Crippen molar-refractivity contribution in [3.05, 3.63) is 64.1 Å². The second kappa shape index (κ2) is 5.81. The van der Waals surface area contributed by atoms with Crippen molar-refractivity contribution in [2.45, 2.75) is 0 Å². The number of halogens is 1. The van der Waals surface area contributed by atoms with Crippen LogP contribution in [0, 0.1) is 15.9 Å². The number of rotatable bonds is 3. The SMILES string of the molecule is O=[N+]([O-])c1ccc2[nH]nc(C(=Nc3ccc(F)cc3)NO)c2c1. The number of nitro groups is 1. The molecule has 0 spiro atoms. The molecular weight excluding hydrogens is 305 g/mol. The summed E-state index contributed by atoms with van der Waals surface area (Å²) >= 11 is 0. The van der Waals surface area contributed by atoms with E-state index in [0.29, 0.717) is 16.6 Å². The number of nitrogens with one attached hydrogen (secondary N) is 2. The number of hydroxylamine groups is 1. The summed E-state index contributed by atoms with van der Waals surface area (Å²) in [5.74, 6) is -0.438. The Kier molecular flexibility index (Phi) is 3.69. The predicted octanol–water partition coefficient (Wildman–Crippen LogP) is 2.67. The first kappa shape index (κ1) is 14.6. The van der Waals surface area contributed by atoms with E-state index >= 15 is 0 Å². The highest BCUT2D eigenvalue weighted by Crippen LogP contribution is 2.23. The van der Waals surface area contributed by atoms with Crippen molar-refractivity contribution in [1.29, 1.82) is 0 Å². The normalized spacial score (nSPS) is 11.7. The molecule has 9 heteroatoms. The topological polar surface area (TPSA) is 116 Å². The Morgan fingerprint density at radius 1 is 1.30 bits per heavy atom. The fourth-order valence-corrected chi connectivity index (χ4v) is 2.07. The van der Waals surface area contributed by atoms with Gasteiger partial charge >= 0.3 is 0 Å². The van der Waals surface area contributed by atoms with Crippen LogP contribution in [0.5, 0.6) is 0 Å². The molecule has 0 radical (unpaired) electrons. The molecule has 0 amide bonds. The van der Waals surface area contributed by atoms with Gasteiger partial charge in [-0.05, 0) is 30.3 Å². The number of hydrogen-bond donors (Lipinski definition) is 3. The van der Waals surface area contributed by atoms with Gasteiger partial charge in [-0.1, -0.05) is 0 Å². The Balaban J connectivity index is 2.10. The quantitative estimate of drug-likeness (QED) is 0.297. The number of hydrogen-bond acceptors (Lipinski definition) is 5. The molecule has 1 aromatic heterocycles. The van der Waals surface area contributed by atoms with Crippen LogP contribution < -0.4 is 5.48 Å². The Bertz CT molecular complexity index is 904. The minimum Gasteiger partial charge on any atom is -0.290 e. The van der Waals surface area contributed by atoms with Gasteiger partial charge in [-0.2, -0.15) is 5.10 Å². The molecule has 0 aliphatic rings. The zero-order valence-corrected chi connectivity index (χ0v) is 11.5. The molecule has 0 bridgehead atoms. The second-order valence-electron chi connectivity index (χ2n) is 4.61. The maximum Gasteiger partial charge on any atom is 0.270 e. The number of non-ortho nitro benzene ring substituents is 1. The first-order valence-corrected chi connectivity index (χ1v) is 6.46. The third-order valence-corrected chi connectivity index (χ3v) is 3.15. The van der Waals surface area contributed by atoms with Crippen LogP contribution in [0.4, 0.5) is 15.8 Å². The molecule has 0 aliphatic heterocycles. The smallest absolute Gasteiger partial charge is 0.270 e. The number of nitrogens with zero attached hydrogens (tertiary/aromatic N) is 3. The molecule has 0 atom stereocenters. The van der Waals surface area contributed by atoms with Crippen LogP contribution >= 0.6 is 0 Å². The van der Waals surface area contributed by atoms with E-state index in [-0.39, 0.29) is 17.2 Å². The summed E-state index contributed by atoms with van der Waals surface area (Å²) < 4.78 is 12.9. The van der Waals surface area contributed by atoms with Crippen molar-refractivity contribution in [3.8, 4) is 0 Å². The largest absolute Gasteiger partial charge is 0.290 e.